The highest BCUT2D eigenvalue weighted by molar-refractivity contribution is 5.50. The van der Waals surface area contributed by atoms with Crippen LogP contribution < -0.4 is 5.32 Å². The maximum Gasteiger partial charge on any atom is 0.0733 e. The molecule has 0 atom stereocenters. The molecule has 0 heterocycles. The molecule has 90 valence electrons. The summed E-state index contributed by atoms with van der Waals surface area (Å²) < 4.78 is 5.14. The average molecular weight is 223 g/mol. The van der Waals surface area contributed by atoms with Crippen molar-refractivity contribution in [2.24, 2.45) is 5.41 Å². The van der Waals surface area contributed by atoms with Gasteiger partial charge in [0.05, 0.1) is 6.61 Å². The molecule has 0 unspecified atom stereocenters. The van der Waals surface area contributed by atoms with Crippen LogP contribution in [0.4, 0.5) is 5.69 Å². The van der Waals surface area contributed by atoms with E-state index in [2.05, 4.69) is 5.32 Å². The Morgan fingerprint density at radius 1 is 1.31 bits per heavy atom. The Morgan fingerprint density at radius 3 is 2.62 bits per heavy atom. The van der Waals surface area contributed by atoms with Crippen LogP contribution in [0.15, 0.2) is 24.3 Å². The Hall–Kier alpha value is -1.06. The van der Waals surface area contributed by atoms with E-state index in [-0.39, 0.29) is 12.0 Å². The zero-order valence-electron chi connectivity index (χ0n) is 10.3. The van der Waals surface area contributed by atoms with E-state index in [0.29, 0.717) is 6.61 Å². The largest absolute Gasteiger partial charge is 0.396 e. The first kappa shape index (κ1) is 13.0. The summed E-state index contributed by atoms with van der Waals surface area (Å²) in [6, 6.07) is 8.06. The van der Waals surface area contributed by atoms with Gasteiger partial charge in [-0.3, -0.25) is 0 Å². The average Bonchev–Trinajstić information content (AvgIpc) is 2.28. The lowest BCUT2D eigenvalue weighted by Crippen LogP contribution is -2.27. The van der Waals surface area contributed by atoms with E-state index in [0.717, 1.165) is 17.8 Å². The van der Waals surface area contributed by atoms with E-state index < -0.39 is 0 Å². The monoisotopic (exact) mass is 223 g/mol. The SMILES string of the molecule is COCc1ccccc1NCC(C)(C)CO. The molecule has 3 heteroatoms. The van der Waals surface area contributed by atoms with Crippen molar-refractivity contribution in [3.8, 4) is 0 Å². The highest BCUT2D eigenvalue weighted by Crippen LogP contribution is 2.19. The zero-order valence-corrected chi connectivity index (χ0v) is 10.3. The van der Waals surface area contributed by atoms with Crippen LogP contribution in [0, 0.1) is 5.41 Å². The van der Waals surface area contributed by atoms with Crippen LogP contribution in [-0.4, -0.2) is 25.4 Å². The van der Waals surface area contributed by atoms with Gasteiger partial charge < -0.3 is 15.2 Å². The van der Waals surface area contributed by atoms with Crippen molar-refractivity contribution in [2.45, 2.75) is 20.5 Å². The lowest BCUT2D eigenvalue weighted by Gasteiger charge is -2.23. The van der Waals surface area contributed by atoms with Crippen LogP contribution in [0.1, 0.15) is 19.4 Å². The number of benzene rings is 1. The van der Waals surface area contributed by atoms with Gasteiger partial charge in [0.15, 0.2) is 0 Å². The molecule has 0 spiro atoms. The first-order valence-corrected chi connectivity index (χ1v) is 5.50. The van der Waals surface area contributed by atoms with Crippen molar-refractivity contribution in [2.75, 3.05) is 25.6 Å². The minimum absolute atomic E-state index is 0.111. The second-order valence-corrected chi connectivity index (χ2v) is 4.77. The van der Waals surface area contributed by atoms with Gasteiger partial charge in [0.25, 0.3) is 0 Å². The van der Waals surface area contributed by atoms with E-state index >= 15 is 0 Å². The van der Waals surface area contributed by atoms with Gasteiger partial charge in [-0.1, -0.05) is 32.0 Å². The number of anilines is 1. The smallest absolute Gasteiger partial charge is 0.0733 e. The number of ether oxygens (including phenoxy) is 1. The molecule has 0 aliphatic rings. The van der Waals surface area contributed by atoms with Gasteiger partial charge in [-0.15, -0.1) is 0 Å². The summed E-state index contributed by atoms with van der Waals surface area (Å²) >= 11 is 0. The Balaban J connectivity index is 2.66. The summed E-state index contributed by atoms with van der Waals surface area (Å²) in [6.07, 6.45) is 0. The standard InChI is InChI=1S/C13H21NO2/c1-13(2,10-15)9-14-12-7-5-4-6-11(12)8-16-3/h4-7,14-15H,8-10H2,1-3H3. The number of rotatable bonds is 6. The van der Waals surface area contributed by atoms with Gasteiger partial charge in [0.1, 0.15) is 0 Å². The zero-order chi connectivity index (χ0) is 12.0. The van der Waals surface area contributed by atoms with Crippen molar-refractivity contribution in [1.29, 1.82) is 0 Å². The maximum absolute atomic E-state index is 9.18. The van der Waals surface area contributed by atoms with Crippen LogP contribution in [0.3, 0.4) is 0 Å². The molecule has 0 aliphatic heterocycles. The number of para-hydroxylation sites is 1. The van der Waals surface area contributed by atoms with Gasteiger partial charge in [-0.05, 0) is 6.07 Å². The van der Waals surface area contributed by atoms with Gasteiger partial charge >= 0.3 is 0 Å². The third-order valence-corrected chi connectivity index (χ3v) is 2.50. The summed E-state index contributed by atoms with van der Waals surface area (Å²) in [4.78, 5) is 0. The maximum atomic E-state index is 9.18. The number of methoxy groups -OCH3 is 1. The Morgan fingerprint density at radius 2 is 2.00 bits per heavy atom. The molecule has 16 heavy (non-hydrogen) atoms. The Bertz CT molecular complexity index is 323. The summed E-state index contributed by atoms with van der Waals surface area (Å²) in [5.41, 5.74) is 2.10. The Kier molecular flexibility index (Phi) is 4.77. The second kappa shape index (κ2) is 5.87. The molecule has 1 aromatic carbocycles. The molecule has 0 saturated heterocycles. The second-order valence-electron chi connectivity index (χ2n) is 4.77. The Labute approximate surface area is 97.4 Å². The van der Waals surface area contributed by atoms with Crippen LogP contribution >= 0.6 is 0 Å². The summed E-state index contributed by atoms with van der Waals surface area (Å²) in [5, 5.41) is 12.5. The molecule has 2 N–H and O–H groups in total. The molecular formula is C13H21NO2. The van der Waals surface area contributed by atoms with Crippen LogP contribution in [-0.2, 0) is 11.3 Å². The van der Waals surface area contributed by atoms with Crippen molar-refractivity contribution in [1.82, 2.24) is 0 Å². The summed E-state index contributed by atoms with van der Waals surface area (Å²) in [7, 11) is 1.69. The van der Waals surface area contributed by atoms with Gasteiger partial charge in [0.2, 0.25) is 0 Å². The number of hydrogen-bond acceptors (Lipinski definition) is 3. The molecule has 0 aliphatic carbocycles. The van der Waals surface area contributed by atoms with Gasteiger partial charge in [-0.25, -0.2) is 0 Å². The minimum Gasteiger partial charge on any atom is -0.396 e. The number of nitrogens with one attached hydrogen (secondary N) is 1. The van der Waals surface area contributed by atoms with Gasteiger partial charge in [0, 0.05) is 36.9 Å². The summed E-state index contributed by atoms with van der Waals surface area (Å²) in [6.45, 7) is 5.57. The lowest BCUT2D eigenvalue weighted by molar-refractivity contribution is 0.170. The third kappa shape index (κ3) is 3.83. The van der Waals surface area contributed by atoms with E-state index in [9.17, 15) is 5.11 Å². The minimum atomic E-state index is -0.111. The molecule has 0 fully saturated rings. The van der Waals surface area contributed by atoms with E-state index in [1.54, 1.807) is 7.11 Å². The van der Waals surface area contributed by atoms with Crippen LogP contribution in [0.5, 0.6) is 0 Å². The molecule has 0 radical (unpaired) electrons. The third-order valence-electron chi connectivity index (χ3n) is 2.50. The van der Waals surface area contributed by atoms with Crippen molar-refractivity contribution in [3.05, 3.63) is 29.8 Å². The highest BCUT2D eigenvalue weighted by atomic mass is 16.5. The molecule has 3 nitrogen and oxygen atoms in total. The molecule has 0 amide bonds. The molecule has 1 aromatic rings. The predicted octanol–water partition coefficient (Wildman–Crippen LogP) is 2.26. The molecule has 0 aromatic heterocycles. The van der Waals surface area contributed by atoms with E-state index in [1.807, 2.05) is 38.1 Å². The molecule has 0 bridgehead atoms. The number of aliphatic hydroxyl groups excluding tert-OH is 1. The number of aliphatic hydroxyl groups is 1. The summed E-state index contributed by atoms with van der Waals surface area (Å²) in [5.74, 6) is 0. The van der Waals surface area contributed by atoms with Gasteiger partial charge in [-0.2, -0.15) is 0 Å². The molecule has 0 saturated carbocycles. The fourth-order valence-electron chi connectivity index (χ4n) is 1.36. The lowest BCUT2D eigenvalue weighted by atomic mass is 9.95. The van der Waals surface area contributed by atoms with Crippen molar-refractivity contribution < 1.29 is 9.84 Å². The highest BCUT2D eigenvalue weighted by Gasteiger charge is 2.16. The fourth-order valence-corrected chi connectivity index (χ4v) is 1.36. The predicted molar refractivity (Wildman–Crippen MR) is 66.5 cm³/mol. The fraction of sp³-hybridized carbons (Fsp3) is 0.538. The molecular weight excluding hydrogens is 202 g/mol. The van der Waals surface area contributed by atoms with E-state index in [4.69, 9.17) is 4.74 Å². The van der Waals surface area contributed by atoms with Crippen LogP contribution in [0.2, 0.25) is 0 Å². The first-order chi connectivity index (χ1) is 7.59. The molecule has 1 rings (SSSR count). The first-order valence-electron chi connectivity index (χ1n) is 5.50. The quantitative estimate of drug-likeness (QED) is 0.777. The normalized spacial score (nSPS) is 11.5. The van der Waals surface area contributed by atoms with E-state index in [1.165, 1.54) is 0 Å². The van der Waals surface area contributed by atoms with Crippen LogP contribution in [0.25, 0.3) is 0 Å². The van der Waals surface area contributed by atoms with Crippen molar-refractivity contribution in [3.63, 3.8) is 0 Å². The number of hydrogen-bond donors (Lipinski definition) is 2. The topological polar surface area (TPSA) is 41.5 Å². The van der Waals surface area contributed by atoms with Crippen molar-refractivity contribution >= 4 is 5.69 Å².